The van der Waals surface area contributed by atoms with Gasteiger partial charge in [0.25, 0.3) is 5.91 Å². The second kappa shape index (κ2) is 8.96. The quantitative estimate of drug-likeness (QED) is 0.442. The fourth-order valence-electron chi connectivity index (χ4n) is 3.52. The summed E-state index contributed by atoms with van der Waals surface area (Å²) in [6.07, 6.45) is 3.20. The Morgan fingerprint density at radius 2 is 2.03 bits per heavy atom. The van der Waals surface area contributed by atoms with Crippen LogP contribution >= 0.6 is 11.3 Å². The molecule has 0 bridgehead atoms. The van der Waals surface area contributed by atoms with Gasteiger partial charge >= 0.3 is 0 Å². The molecular weight excluding hydrogens is 426 g/mol. The molecule has 4 aromatic heterocycles. The molecule has 2 N–H and O–H groups in total. The van der Waals surface area contributed by atoms with Gasteiger partial charge in [-0.2, -0.15) is 5.10 Å². The number of hydrogen-bond donors (Lipinski definition) is 2. The first-order valence-corrected chi connectivity index (χ1v) is 11.2. The van der Waals surface area contributed by atoms with Crippen LogP contribution in [0.25, 0.3) is 22.3 Å². The maximum absolute atomic E-state index is 13.1. The first-order chi connectivity index (χ1) is 15.3. The summed E-state index contributed by atoms with van der Waals surface area (Å²) in [5, 5.41) is 10.5. The highest BCUT2D eigenvalue weighted by Gasteiger charge is 2.20. The summed E-state index contributed by atoms with van der Waals surface area (Å²) < 4.78 is 7.00. The zero-order valence-corrected chi connectivity index (χ0v) is 19.2. The number of amides is 2. The Morgan fingerprint density at radius 3 is 2.69 bits per heavy atom. The molecule has 0 aliphatic carbocycles. The highest BCUT2D eigenvalue weighted by molar-refractivity contribution is 7.12. The van der Waals surface area contributed by atoms with Crippen molar-refractivity contribution in [1.29, 1.82) is 0 Å². The van der Waals surface area contributed by atoms with Gasteiger partial charge in [0.05, 0.1) is 42.2 Å². The molecule has 0 radical (unpaired) electrons. The van der Waals surface area contributed by atoms with Crippen molar-refractivity contribution in [3.8, 4) is 11.3 Å². The van der Waals surface area contributed by atoms with Crippen LogP contribution in [0.4, 0.5) is 0 Å². The van der Waals surface area contributed by atoms with Crippen molar-refractivity contribution in [3.05, 3.63) is 57.8 Å². The zero-order chi connectivity index (χ0) is 22.8. The van der Waals surface area contributed by atoms with Crippen LogP contribution in [-0.4, -0.2) is 33.1 Å². The number of aryl methyl sites for hydroxylation is 2. The van der Waals surface area contributed by atoms with Gasteiger partial charge in [0.1, 0.15) is 5.76 Å². The van der Waals surface area contributed by atoms with E-state index in [2.05, 4.69) is 21.8 Å². The number of hydrogen-bond acceptors (Lipinski definition) is 6. The SMILES string of the molecule is Cc1cc(-c2cc(C(=O)NCC(=O)NCc3ccco3)c3cnn(C(C)C)c3n2)c(C)s1. The van der Waals surface area contributed by atoms with Crippen molar-refractivity contribution >= 4 is 34.2 Å². The highest BCUT2D eigenvalue weighted by Crippen LogP contribution is 2.32. The molecule has 0 fully saturated rings. The largest absolute Gasteiger partial charge is 0.467 e. The van der Waals surface area contributed by atoms with Gasteiger partial charge in [0.2, 0.25) is 5.91 Å². The molecule has 9 heteroatoms. The van der Waals surface area contributed by atoms with Crippen molar-refractivity contribution in [2.45, 2.75) is 40.3 Å². The van der Waals surface area contributed by atoms with Gasteiger partial charge in [0, 0.05) is 21.4 Å². The first-order valence-electron chi connectivity index (χ1n) is 10.4. The van der Waals surface area contributed by atoms with Crippen molar-refractivity contribution in [2.75, 3.05) is 6.54 Å². The predicted octanol–water partition coefficient (Wildman–Crippen LogP) is 4.00. The monoisotopic (exact) mass is 451 g/mol. The Kier molecular flexibility index (Phi) is 6.09. The maximum atomic E-state index is 13.1. The van der Waals surface area contributed by atoms with E-state index in [-0.39, 0.29) is 30.9 Å². The number of pyridine rings is 1. The maximum Gasteiger partial charge on any atom is 0.252 e. The molecule has 0 aliphatic rings. The summed E-state index contributed by atoms with van der Waals surface area (Å²) in [4.78, 5) is 32.4. The smallest absolute Gasteiger partial charge is 0.252 e. The summed E-state index contributed by atoms with van der Waals surface area (Å²) in [6, 6.07) is 7.47. The van der Waals surface area contributed by atoms with E-state index in [9.17, 15) is 9.59 Å². The number of carbonyl (C=O) groups excluding carboxylic acids is 2. The molecule has 4 aromatic rings. The van der Waals surface area contributed by atoms with Gasteiger partial charge in [-0.05, 0) is 52.0 Å². The molecule has 0 atom stereocenters. The lowest BCUT2D eigenvalue weighted by atomic mass is 10.1. The van der Waals surface area contributed by atoms with E-state index >= 15 is 0 Å². The molecule has 32 heavy (non-hydrogen) atoms. The van der Waals surface area contributed by atoms with Crippen molar-refractivity contribution in [2.24, 2.45) is 0 Å². The van der Waals surface area contributed by atoms with Crippen LogP contribution < -0.4 is 10.6 Å². The average Bonchev–Trinajstić information content (AvgIpc) is 3.49. The Balaban J connectivity index is 1.61. The molecule has 4 rings (SSSR count). The van der Waals surface area contributed by atoms with Gasteiger partial charge in [-0.25, -0.2) is 9.67 Å². The highest BCUT2D eigenvalue weighted by atomic mass is 32.1. The number of carbonyl (C=O) groups is 2. The molecule has 0 unspecified atom stereocenters. The predicted molar refractivity (Wildman–Crippen MR) is 124 cm³/mol. The fraction of sp³-hybridized carbons (Fsp3) is 0.304. The molecule has 2 amide bonds. The summed E-state index contributed by atoms with van der Waals surface area (Å²) in [5.74, 6) is -0.00477. The van der Waals surface area contributed by atoms with Crippen molar-refractivity contribution < 1.29 is 14.0 Å². The standard InChI is InChI=1S/C23H25N5O3S/c1-13(2)28-22-19(11-26-28)18(9-20(27-22)17-8-14(3)32-15(17)4)23(30)25-12-21(29)24-10-16-6-5-7-31-16/h5-9,11,13H,10,12H2,1-4H3,(H,24,29)(H,25,30). The Morgan fingerprint density at radius 1 is 1.22 bits per heavy atom. The average molecular weight is 452 g/mol. The fourth-order valence-corrected chi connectivity index (χ4v) is 4.46. The van der Waals surface area contributed by atoms with E-state index in [0.29, 0.717) is 28.1 Å². The molecule has 8 nitrogen and oxygen atoms in total. The van der Waals surface area contributed by atoms with Crippen LogP contribution in [0.1, 0.15) is 45.8 Å². The third-order valence-electron chi connectivity index (χ3n) is 5.07. The Labute approximate surface area is 189 Å². The molecule has 4 heterocycles. The molecular formula is C23H25N5O3S. The third-order valence-corrected chi connectivity index (χ3v) is 6.03. The number of aromatic nitrogens is 3. The number of nitrogens with one attached hydrogen (secondary N) is 2. The second-order valence-corrected chi connectivity index (χ2v) is 9.30. The number of fused-ring (bicyclic) bond motifs is 1. The van der Waals surface area contributed by atoms with E-state index in [1.54, 1.807) is 46.7 Å². The first kappa shape index (κ1) is 21.8. The van der Waals surface area contributed by atoms with Gasteiger partial charge < -0.3 is 15.1 Å². The zero-order valence-electron chi connectivity index (χ0n) is 18.4. The Hall–Kier alpha value is -3.46. The number of thiophene rings is 1. The second-order valence-electron chi connectivity index (χ2n) is 7.84. The summed E-state index contributed by atoms with van der Waals surface area (Å²) in [6.45, 7) is 8.25. The minimum atomic E-state index is -0.347. The van der Waals surface area contributed by atoms with Gasteiger partial charge in [-0.15, -0.1) is 11.3 Å². The number of furan rings is 1. The van der Waals surface area contributed by atoms with Crippen LogP contribution in [0.5, 0.6) is 0 Å². The van der Waals surface area contributed by atoms with Crippen LogP contribution in [0.2, 0.25) is 0 Å². The molecule has 0 aliphatic heterocycles. The minimum absolute atomic E-state index is 0.0869. The molecule has 0 spiro atoms. The lowest BCUT2D eigenvalue weighted by Gasteiger charge is -2.11. The molecule has 0 aromatic carbocycles. The normalized spacial score (nSPS) is 11.3. The van der Waals surface area contributed by atoms with Crippen molar-refractivity contribution in [1.82, 2.24) is 25.4 Å². The van der Waals surface area contributed by atoms with Crippen LogP contribution in [0.15, 0.2) is 41.1 Å². The molecule has 166 valence electrons. The topological polar surface area (TPSA) is 102 Å². The number of rotatable bonds is 7. The van der Waals surface area contributed by atoms with Crippen molar-refractivity contribution in [3.63, 3.8) is 0 Å². The number of nitrogens with zero attached hydrogens (tertiary/aromatic N) is 3. The Bertz CT molecular complexity index is 1270. The molecule has 0 saturated carbocycles. The van der Waals surface area contributed by atoms with E-state index in [1.807, 2.05) is 27.7 Å². The summed E-state index contributed by atoms with van der Waals surface area (Å²) in [5.41, 5.74) is 2.80. The lowest BCUT2D eigenvalue weighted by molar-refractivity contribution is -0.120. The van der Waals surface area contributed by atoms with E-state index < -0.39 is 0 Å². The summed E-state index contributed by atoms with van der Waals surface area (Å²) in [7, 11) is 0. The van der Waals surface area contributed by atoms with Crippen LogP contribution in [-0.2, 0) is 11.3 Å². The van der Waals surface area contributed by atoms with E-state index in [4.69, 9.17) is 9.40 Å². The summed E-state index contributed by atoms with van der Waals surface area (Å²) >= 11 is 1.69. The van der Waals surface area contributed by atoms with E-state index in [0.717, 1.165) is 10.4 Å². The molecule has 0 saturated heterocycles. The van der Waals surface area contributed by atoms with Crippen LogP contribution in [0, 0.1) is 13.8 Å². The minimum Gasteiger partial charge on any atom is -0.467 e. The van der Waals surface area contributed by atoms with E-state index in [1.165, 1.54) is 4.88 Å². The lowest BCUT2D eigenvalue weighted by Crippen LogP contribution is -2.36. The van der Waals surface area contributed by atoms with Crippen LogP contribution in [0.3, 0.4) is 0 Å². The van der Waals surface area contributed by atoms with Gasteiger partial charge in [-0.3, -0.25) is 9.59 Å². The third kappa shape index (κ3) is 4.43. The van der Waals surface area contributed by atoms with Gasteiger partial charge in [-0.1, -0.05) is 0 Å². The van der Waals surface area contributed by atoms with Gasteiger partial charge in [0.15, 0.2) is 5.65 Å².